The van der Waals surface area contributed by atoms with Gasteiger partial charge in [0.25, 0.3) is 5.91 Å². The van der Waals surface area contributed by atoms with E-state index in [0.29, 0.717) is 17.0 Å². The van der Waals surface area contributed by atoms with Gasteiger partial charge < -0.3 is 10.6 Å². The van der Waals surface area contributed by atoms with Crippen molar-refractivity contribution in [1.82, 2.24) is 0 Å². The lowest BCUT2D eigenvalue weighted by molar-refractivity contribution is -0.682. The van der Waals surface area contributed by atoms with Gasteiger partial charge in [0.1, 0.15) is 6.04 Å². The molecule has 3 N–H and O–H groups in total. The van der Waals surface area contributed by atoms with Gasteiger partial charge in [-0.25, -0.2) is 8.78 Å². The summed E-state index contributed by atoms with van der Waals surface area (Å²) in [7, 11) is 0. The van der Waals surface area contributed by atoms with Crippen LogP contribution in [0.1, 0.15) is 18.5 Å². The number of para-hydroxylation sites is 1. The number of thioether (sulfide) groups is 1. The molecule has 25 heavy (non-hydrogen) atoms. The van der Waals surface area contributed by atoms with Crippen LogP contribution in [0.4, 0.5) is 14.5 Å². The van der Waals surface area contributed by atoms with Gasteiger partial charge >= 0.3 is 0 Å². The van der Waals surface area contributed by atoms with E-state index in [2.05, 4.69) is 11.4 Å². The third-order valence-corrected chi connectivity index (χ3v) is 4.52. The summed E-state index contributed by atoms with van der Waals surface area (Å²) in [6.45, 7) is 1.95. The first kappa shape index (κ1) is 18.9. The van der Waals surface area contributed by atoms with E-state index in [1.807, 2.05) is 19.1 Å². The number of anilines is 1. The minimum absolute atomic E-state index is 0.136. The molecular formula is C18H18F2N3OS+. The highest BCUT2D eigenvalue weighted by Crippen LogP contribution is 2.26. The number of hydrogen-bond acceptors (Lipinski definition) is 3. The second-order valence-electron chi connectivity index (χ2n) is 5.39. The number of benzene rings is 2. The molecule has 7 heteroatoms. The lowest BCUT2D eigenvalue weighted by Crippen LogP contribution is -2.86. The molecule has 4 nitrogen and oxygen atoms in total. The number of amides is 1. The van der Waals surface area contributed by atoms with E-state index in [1.54, 1.807) is 17.4 Å². The normalized spacial score (nSPS) is 11.6. The van der Waals surface area contributed by atoms with Crippen LogP contribution >= 0.6 is 11.8 Å². The number of carbonyl (C=O) groups is 1. The molecule has 0 fully saturated rings. The molecule has 0 aliphatic rings. The highest BCUT2D eigenvalue weighted by atomic mass is 32.2. The van der Waals surface area contributed by atoms with E-state index in [-0.39, 0.29) is 18.5 Å². The van der Waals surface area contributed by atoms with Crippen molar-refractivity contribution < 1.29 is 18.9 Å². The van der Waals surface area contributed by atoms with E-state index in [9.17, 15) is 13.6 Å². The first-order valence-electron chi connectivity index (χ1n) is 7.68. The van der Waals surface area contributed by atoms with E-state index >= 15 is 0 Å². The van der Waals surface area contributed by atoms with E-state index in [0.717, 1.165) is 17.0 Å². The Morgan fingerprint density at radius 2 is 2.04 bits per heavy atom. The molecule has 1 atom stereocenters. The Balaban J connectivity index is 1.92. The van der Waals surface area contributed by atoms with Crippen LogP contribution in [0, 0.1) is 23.0 Å². The van der Waals surface area contributed by atoms with Crippen LogP contribution in [0.15, 0.2) is 47.4 Å². The molecule has 2 aromatic rings. The molecule has 2 aromatic carbocycles. The summed E-state index contributed by atoms with van der Waals surface area (Å²) in [5, 5.41) is 13.2. The Morgan fingerprint density at radius 3 is 2.76 bits per heavy atom. The van der Waals surface area contributed by atoms with Gasteiger partial charge in [0, 0.05) is 10.5 Å². The van der Waals surface area contributed by atoms with Crippen LogP contribution in [-0.2, 0) is 4.79 Å². The van der Waals surface area contributed by atoms with Gasteiger partial charge in [-0.2, -0.15) is 5.26 Å². The van der Waals surface area contributed by atoms with Gasteiger partial charge in [0.15, 0.2) is 18.2 Å². The second kappa shape index (κ2) is 9.16. The molecule has 0 unspecified atom stereocenters. The maximum Gasteiger partial charge on any atom is 0.279 e. The predicted octanol–water partition coefficient (Wildman–Crippen LogP) is 2.84. The maximum absolute atomic E-state index is 13.3. The largest absolute Gasteiger partial charge is 0.333 e. The maximum atomic E-state index is 13.3. The zero-order valence-electron chi connectivity index (χ0n) is 13.6. The van der Waals surface area contributed by atoms with Gasteiger partial charge in [-0.05, 0) is 37.3 Å². The van der Waals surface area contributed by atoms with Crippen molar-refractivity contribution in [3.8, 4) is 6.07 Å². The molecule has 0 aromatic heterocycles. The highest BCUT2D eigenvalue weighted by Gasteiger charge is 2.14. The molecule has 0 bridgehead atoms. The van der Waals surface area contributed by atoms with Crippen LogP contribution < -0.4 is 10.6 Å². The van der Waals surface area contributed by atoms with Crippen molar-refractivity contribution in [2.24, 2.45) is 0 Å². The van der Waals surface area contributed by atoms with Crippen molar-refractivity contribution in [1.29, 1.82) is 5.26 Å². The molecule has 0 radical (unpaired) electrons. The number of nitrogens with two attached hydrogens (primary N) is 1. The SMILES string of the molecule is C[C@@H]([NH2+]CC(=O)Nc1ccccc1SCC#N)c1ccc(F)c(F)c1. The Bertz CT molecular complexity index is 792. The first-order chi connectivity index (χ1) is 12.0. The average Bonchev–Trinajstić information content (AvgIpc) is 2.61. The highest BCUT2D eigenvalue weighted by molar-refractivity contribution is 7.99. The average molecular weight is 362 g/mol. The van der Waals surface area contributed by atoms with Gasteiger partial charge in [-0.15, -0.1) is 11.8 Å². The fourth-order valence-electron chi connectivity index (χ4n) is 2.22. The number of hydrogen-bond donors (Lipinski definition) is 2. The zero-order valence-corrected chi connectivity index (χ0v) is 14.4. The molecule has 0 aliphatic heterocycles. The Morgan fingerprint density at radius 1 is 1.28 bits per heavy atom. The topological polar surface area (TPSA) is 69.5 Å². The van der Waals surface area contributed by atoms with Gasteiger partial charge in [-0.3, -0.25) is 4.79 Å². The summed E-state index contributed by atoms with van der Waals surface area (Å²) in [6, 6.07) is 12.8. The second-order valence-corrected chi connectivity index (χ2v) is 6.41. The van der Waals surface area contributed by atoms with Crippen LogP contribution in [0.25, 0.3) is 0 Å². The molecular weight excluding hydrogens is 344 g/mol. The molecule has 0 spiro atoms. The molecule has 0 saturated carbocycles. The number of nitrogens with one attached hydrogen (secondary N) is 1. The van der Waals surface area contributed by atoms with Crippen LogP contribution in [-0.4, -0.2) is 18.2 Å². The summed E-state index contributed by atoms with van der Waals surface area (Å²) in [5.74, 6) is -1.70. The number of halogens is 2. The molecule has 0 heterocycles. The van der Waals surface area contributed by atoms with Crippen LogP contribution in [0.3, 0.4) is 0 Å². The quantitative estimate of drug-likeness (QED) is 0.744. The monoisotopic (exact) mass is 362 g/mol. The summed E-state index contributed by atoms with van der Waals surface area (Å²) in [6.07, 6.45) is 0. The number of nitrogens with zero attached hydrogens (tertiary/aromatic N) is 1. The summed E-state index contributed by atoms with van der Waals surface area (Å²) < 4.78 is 26.3. The van der Waals surface area contributed by atoms with Crippen molar-refractivity contribution in [3.63, 3.8) is 0 Å². The third kappa shape index (κ3) is 5.55. The number of carbonyl (C=O) groups excluding carboxylic acids is 1. The lowest BCUT2D eigenvalue weighted by Gasteiger charge is -2.13. The fraction of sp³-hybridized carbons (Fsp3) is 0.222. The van der Waals surface area contributed by atoms with Gasteiger partial charge in [0.05, 0.1) is 17.5 Å². The molecule has 0 aliphatic carbocycles. The number of rotatable bonds is 7. The smallest absolute Gasteiger partial charge is 0.279 e. The Kier molecular flexibility index (Phi) is 6.92. The van der Waals surface area contributed by atoms with E-state index in [1.165, 1.54) is 17.8 Å². The molecule has 0 saturated heterocycles. The van der Waals surface area contributed by atoms with E-state index in [4.69, 9.17) is 5.26 Å². The Labute approximate surface area is 149 Å². The minimum atomic E-state index is -0.898. The standard InChI is InChI=1S/C18H17F2N3OS/c1-12(13-6-7-14(19)15(20)10-13)22-11-18(24)23-16-4-2-3-5-17(16)25-9-8-21/h2-7,10,12,22H,9,11H2,1H3,(H,23,24)/p+1/t12-/m1/s1. The van der Waals surface area contributed by atoms with Gasteiger partial charge in [-0.1, -0.05) is 12.1 Å². The summed E-state index contributed by atoms with van der Waals surface area (Å²) >= 11 is 1.35. The fourth-order valence-corrected chi connectivity index (χ4v) is 2.89. The third-order valence-electron chi connectivity index (χ3n) is 3.58. The van der Waals surface area contributed by atoms with Gasteiger partial charge in [0.2, 0.25) is 0 Å². The minimum Gasteiger partial charge on any atom is -0.333 e. The predicted molar refractivity (Wildman–Crippen MR) is 93.0 cm³/mol. The first-order valence-corrected chi connectivity index (χ1v) is 8.66. The molecule has 2 rings (SSSR count). The van der Waals surface area contributed by atoms with Crippen molar-refractivity contribution in [2.45, 2.75) is 17.9 Å². The zero-order chi connectivity index (χ0) is 18.2. The van der Waals surface area contributed by atoms with Crippen molar-refractivity contribution >= 4 is 23.4 Å². The Hall–Kier alpha value is -2.43. The summed E-state index contributed by atoms with van der Waals surface area (Å²) in [5.41, 5.74) is 1.26. The van der Waals surface area contributed by atoms with E-state index < -0.39 is 11.6 Å². The molecule has 130 valence electrons. The summed E-state index contributed by atoms with van der Waals surface area (Å²) in [4.78, 5) is 13.0. The van der Waals surface area contributed by atoms with Crippen LogP contribution in [0.2, 0.25) is 0 Å². The number of nitriles is 1. The lowest BCUT2D eigenvalue weighted by atomic mass is 10.1. The van der Waals surface area contributed by atoms with Crippen molar-refractivity contribution in [3.05, 3.63) is 59.7 Å². The number of quaternary nitrogens is 1. The van der Waals surface area contributed by atoms with Crippen molar-refractivity contribution in [2.75, 3.05) is 17.6 Å². The molecule has 1 amide bonds. The van der Waals surface area contributed by atoms with Crippen LogP contribution in [0.5, 0.6) is 0 Å².